The zero-order chi connectivity index (χ0) is 9.10. The van der Waals surface area contributed by atoms with Crippen molar-refractivity contribution in [1.29, 1.82) is 0 Å². The molecule has 1 aliphatic heterocycles. The van der Waals surface area contributed by atoms with E-state index in [-0.39, 0.29) is 19.5 Å². The molecular weight excluding hydrogens is 261 g/mol. The van der Waals surface area contributed by atoms with Gasteiger partial charge in [-0.2, -0.15) is 0 Å². The van der Waals surface area contributed by atoms with E-state index in [1.807, 2.05) is 24.3 Å². The van der Waals surface area contributed by atoms with Gasteiger partial charge in [0.15, 0.2) is 0 Å². The second kappa shape index (κ2) is 4.97. The topological polar surface area (TPSA) is 25.2 Å². The first-order valence-electron chi connectivity index (χ1n) is 4.20. The molecule has 0 bridgehead atoms. The van der Waals surface area contributed by atoms with E-state index in [2.05, 4.69) is 16.6 Å². The van der Waals surface area contributed by atoms with Crippen molar-refractivity contribution < 1.29 is 19.5 Å². The van der Waals surface area contributed by atoms with Gasteiger partial charge in [0.1, 0.15) is 0 Å². The van der Waals surface area contributed by atoms with E-state index in [4.69, 9.17) is 0 Å². The summed E-state index contributed by atoms with van der Waals surface area (Å²) in [7, 11) is 0. The summed E-state index contributed by atoms with van der Waals surface area (Å²) in [4.78, 5) is 8.48. The van der Waals surface area contributed by atoms with Crippen molar-refractivity contribution in [2.75, 3.05) is 0 Å². The van der Waals surface area contributed by atoms with Crippen molar-refractivity contribution in [3.63, 3.8) is 0 Å². The first-order chi connectivity index (χ1) is 6.38. The second-order valence-electron chi connectivity index (χ2n) is 2.89. The molecule has 0 fully saturated rings. The molecule has 0 radical (unpaired) electrons. The molecule has 0 spiro atoms. The molecule has 3 heteroatoms. The number of hydrogen-bond donors (Lipinski definition) is 0. The van der Waals surface area contributed by atoms with Gasteiger partial charge < -0.3 is 0 Å². The quantitative estimate of drug-likeness (QED) is 0.720. The summed E-state index contributed by atoms with van der Waals surface area (Å²) in [6.45, 7) is 3.95. The van der Waals surface area contributed by atoms with Crippen LogP contribution >= 0.6 is 0 Å². The average molecular weight is 271 g/mol. The molecule has 0 aliphatic carbocycles. The molecule has 1 aliphatic rings. The van der Waals surface area contributed by atoms with Gasteiger partial charge in [-0.25, -0.2) is 0 Å². The van der Waals surface area contributed by atoms with Crippen molar-refractivity contribution >= 4 is 5.71 Å². The molecule has 72 valence electrons. The minimum Gasteiger partial charge on any atom is -0.255 e. The first kappa shape index (κ1) is 11.0. The molecule has 2 heterocycles. The number of nitrogens with zero attached hydrogens (tertiary/aromatic N) is 2. The van der Waals surface area contributed by atoms with Gasteiger partial charge in [-0.3, -0.25) is 9.98 Å². The third kappa shape index (κ3) is 2.24. The fraction of sp³-hybridized carbons (Fsp3) is 0.0909. The van der Waals surface area contributed by atoms with E-state index < -0.39 is 0 Å². The van der Waals surface area contributed by atoms with Gasteiger partial charge in [-0.05, 0) is 24.1 Å². The number of hydrogen-bond acceptors (Lipinski definition) is 2. The Labute approximate surface area is 96.2 Å². The van der Waals surface area contributed by atoms with Crippen molar-refractivity contribution in [2.24, 2.45) is 4.99 Å². The van der Waals surface area contributed by atoms with Gasteiger partial charge in [0, 0.05) is 31.9 Å². The summed E-state index contributed by atoms with van der Waals surface area (Å²) in [5, 5.41) is 0. The third-order valence-corrected chi connectivity index (χ3v) is 1.92. The Kier molecular flexibility index (Phi) is 3.90. The van der Waals surface area contributed by atoms with E-state index >= 15 is 0 Å². The van der Waals surface area contributed by atoms with E-state index in [1.54, 1.807) is 12.4 Å². The summed E-state index contributed by atoms with van der Waals surface area (Å²) in [6, 6.07) is 5.80. The van der Waals surface area contributed by atoms with E-state index in [1.165, 1.54) is 0 Å². The number of pyridine rings is 1. The standard InChI is InChI=1S/C11H10N2.Ru/c1-9-5-4-8-13-11(9)10-6-2-3-7-12-10;/h2-4,6-8H,1,5H2;. The van der Waals surface area contributed by atoms with E-state index in [9.17, 15) is 0 Å². The SMILES string of the molecule is C=C1CC=CN=C1c1ccccn1.[Ru]. The summed E-state index contributed by atoms with van der Waals surface area (Å²) in [6.07, 6.45) is 6.44. The van der Waals surface area contributed by atoms with Crippen LogP contribution in [0.5, 0.6) is 0 Å². The Balaban J connectivity index is 0.000000980. The van der Waals surface area contributed by atoms with Crippen LogP contribution in [0.3, 0.4) is 0 Å². The van der Waals surface area contributed by atoms with Gasteiger partial charge >= 0.3 is 0 Å². The minimum absolute atomic E-state index is 0. The number of aromatic nitrogens is 1. The molecule has 0 saturated heterocycles. The maximum absolute atomic E-state index is 4.25. The molecule has 14 heavy (non-hydrogen) atoms. The zero-order valence-corrected chi connectivity index (χ0v) is 9.36. The molecule has 0 amide bonds. The zero-order valence-electron chi connectivity index (χ0n) is 7.63. The molecule has 1 aromatic heterocycles. The average Bonchev–Trinajstić information content (AvgIpc) is 2.20. The summed E-state index contributed by atoms with van der Waals surface area (Å²) >= 11 is 0. The van der Waals surface area contributed by atoms with Crippen LogP contribution in [0.25, 0.3) is 0 Å². The fourth-order valence-corrected chi connectivity index (χ4v) is 1.26. The number of allylic oxidation sites excluding steroid dienone is 2. The van der Waals surface area contributed by atoms with Crippen molar-refractivity contribution in [3.05, 3.63) is 54.5 Å². The molecule has 1 aromatic rings. The Hall–Kier alpha value is -1.08. The molecule has 0 saturated carbocycles. The third-order valence-electron chi connectivity index (χ3n) is 1.92. The van der Waals surface area contributed by atoms with Crippen LogP contribution in [0, 0.1) is 0 Å². The van der Waals surface area contributed by atoms with Crippen LogP contribution in [0.1, 0.15) is 12.1 Å². The molecule has 0 atom stereocenters. The van der Waals surface area contributed by atoms with E-state index in [0.717, 1.165) is 23.4 Å². The van der Waals surface area contributed by atoms with Gasteiger partial charge in [0.2, 0.25) is 0 Å². The van der Waals surface area contributed by atoms with Gasteiger partial charge in [0.05, 0.1) is 11.4 Å². The summed E-state index contributed by atoms with van der Waals surface area (Å²) < 4.78 is 0. The van der Waals surface area contributed by atoms with Gasteiger partial charge in [-0.15, -0.1) is 0 Å². The van der Waals surface area contributed by atoms with Gasteiger partial charge in [-0.1, -0.05) is 18.7 Å². The molecule has 2 rings (SSSR count). The predicted octanol–water partition coefficient (Wildman–Crippen LogP) is 2.34. The van der Waals surface area contributed by atoms with Crippen LogP contribution in [0.2, 0.25) is 0 Å². The minimum atomic E-state index is 0. The molecule has 2 nitrogen and oxygen atoms in total. The van der Waals surface area contributed by atoms with Crippen LogP contribution in [0.4, 0.5) is 0 Å². The normalized spacial score (nSPS) is 14.6. The Bertz CT molecular complexity index is 380. The summed E-state index contributed by atoms with van der Waals surface area (Å²) in [5.41, 5.74) is 2.83. The second-order valence-corrected chi connectivity index (χ2v) is 2.89. The maximum Gasteiger partial charge on any atom is 0.0915 e. The van der Waals surface area contributed by atoms with Crippen molar-refractivity contribution in [3.8, 4) is 0 Å². The largest absolute Gasteiger partial charge is 0.255 e. The van der Waals surface area contributed by atoms with E-state index in [0.29, 0.717) is 0 Å². The van der Waals surface area contributed by atoms with Crippen LogP contribution in [0.15, 0.2) is 53.8 Å². The molecule has 0 aromatic carbocycles. The Morgan fingerprint density at radius 3 is 2.79 bits per heavy atom. The smallest absolute Gasteiger partial charge is 0.0915 e. The fourth-order valence-electron chi connectivity index (χ4n) is 1.26. The van der Waals surface area contributed by atoms with Gasteiger partial charge in [0.25, 0.3) is 0 Å². The van der Waals surface area contributed by atoms with Crippen LogP contribution < -0.4 is 0 Å². The first-order valence-corrected chi connectivity index (χ1v) is 4.20. The predicted molar refractivity (Wildman–Crippen MR) is 53.7 cm³/mol. The molecule has 0 unspecified atom stereocenters. The van der Waals surface area contributed by atoms with Crippen molar-refractivity contribution in [1.82, 2.24) is 4.98 Å². The Morgan fingerprint density at radius 2 is 2.14 bits per heavy atom. The number of rotatable bonds is 1. The number of aliphatic imine (C=N–C) groups is 1. The molecular formula is C11H10N2Ru. The van der Waals surface area contributed by atoms with Crippen LogP contribution in [-0.2, 0) is 19.5 Å². The maximum atomic E-state index is 4.25. The van der Waals surface area contributed by atoms with Crippen LogP contribution in [-0.4, -0.2) is 10.7 Å². The molecule has 0 N–H and O–H groups in total. The Morgan fingerprint density at radius 1 is 1.29 bits per heavy atom. The monoisotopic (exact) mass is 272 g/mol. The summed E-state index contributed by atoms with van der Waals surface area (Å²) in [5.74, 6) is 0. The van der Waals surface area contributed by atoms with Crippen molar-refractivity contribution in [2.45, 2.75) is 6.42 Å².